The highest BCUT2D eigenvalue weighted by molar-refractivity contribution is 5.70. The number of carbonyl (C=O) groups is 1. The Morgan fingerprint density at radius 2 is 1.88 bits per heavy atom. The van der Waals surface area contributed by atoms with E-state index in [-0.39, 0.29) is 12.5 Å². The van der Waals surface area contributed by atoms with Crippen LogP contribution in [0.4, 0.5) is 0 Å². The van der Waals surface area contributed by atoms with Gasteiger partial charge in [-0.1, -0.05) is 0 Å². The van der Waals surface area contributed by atoms with Crippen LogP contribution in [0.3, 0.4) is 0 Å². The molecule has 0 spiro atoms. The van der Waals surface area contributed by atoms with Crippen molar-refractivity contribution in [2.24, 2.45) is 5.92 Å². The fraction of sp³-hybridized carbons (Fsp3) is 0.917. The van der Waals surface area contributed by atoms with Crippen LogP contribution in [-0.4, -0.2) is 46.3 Å². The molecule has 1 aliphatic heterocycles. The molecule has 1 saturated carbocycles. The van der Waals surface area contributed by atoms with Crippen molar-refractivity contribution in [1.29, 1.82) is 0 Å². The second-order valence-corrected chi connectivity index (χ2v) is 5.06. The lowest BCUT2D eigenvalue weighted by atomic mass is 9.85. The van der Waals surface area contributed by atoms with Gasteiger partial charge < -0.3 is 10.2 Å². The zero-order valence-electron chi connectivity index (χ0n) is 9.64. The normalized spacial score (nSPS) is 36.4. The van der Waals surface area contributed by atoms with E-state index >= 15 is 0 Å². The van der Waals surface area contributed by atoms with Crippen LogP contribution in [0.5, 0.6) is 0 Å². The quantitative estimate of drug-likeness (QED) is 0.757. The lowest BCUT2D eigenvalue weighted by Gasteiger charge is -2.36. The molecule has 0 aromatic rings. The number of aliphatic hydroxyl groups is 1. The third-order valence-electron chi connectivity index (χ3n) is 4.15. The highest BCUT2D eigenvalue weighted by Gasteiger charge is 2.34. The lowest BCUT2D eigenvalue weighted by molar-refractivity contribution is -0.143. The lowest BCUT2D eigenvalue weighted by Crippen LogP contribution is -2.43. The van der Waals surface area contributed by atoms with Gasteiger partial charge in [0.2, 0.25) is 0 Å². The third-order valence-corrected chi connectivity index (χ3v) is 4.15. The van der Waals surface area contributed by atoms with Gasteiger partial charge in [-0.05, 0) is 45.1 Å². The van der Waals surface area contributed by atoms with E-state index in [0.717, 1.165) is 38.6 Å². The van der Waals surface area contributed by atoms with Crippen LogP contribution < -0.4 is 0 Å². The maximum absolute atomic E-state index is 10.8. The molecule has 1 aliphatic carbocycles. The van der Waals surface area contributed by atoms with Crippen molar-refractivity contribution < 1.29 is 15.0 Å². The van der Waals surface area contributed by atoms with E-state index in [4.69, 9.17) is 5.11 Å². The van der Waals surface area contributed by atoms with Gasteiger partial charge in [-0.25, -0.2) is 0 Å². The van der Waals surface area contributed by atoms with Gasteiger partial charge >= 0.3 is 5.97 Å². The first kappa shape index (κ1) is 11.9. The van der Waals surface area contributed by atoms with Crippen molar-refractivity contribution in [3.05, 3.63) is 0 Å². The first-order chi connectivity index (χ1) is 7.72. The molecule has 0 amide bonds. The Balaban J connectivity index is 1.86. The molecule has 1 saturated heterocycles. The van der Waals surface area contributed by atoms with Gasteiger partial charge in [0.05, 0.1) is 12.5 Å². The zero-order chi connectivity index (χ0) is 11.5. The molecule has 4 heteroatoms. The molecule has 0 unspecified atom stereocenters. The summed E-state index contributed by atoms with van der Waals surface area (Å²) in [7, 11) is 0. The van der Waals surface area contributed by atoms with Crippen LogP contribution in [-0.2, 0) is 4.79 Å². The molecule has 0 aromatic heterocycles. The molecule has 0 radical (unpaired) electrons. The summed E-state index contributed by atoms with van der Waals surface area (Å²) in [5.41, 5.74) is 0. The smallest absolute Gasteiger partial charge is 0.306 e. The Morgan fingerprint density at radius 1 is 1.19 bits per heavy atom. The first-order valence-corrected chi connectivity index (χ1v) is 6.31. The maximum Gasteiger partial charge on any atom is 0.306 e. The number of aliphatic hydroxyl groups excluding tert-OH is 1. The van der Waals surface area contributed by atoms with E-state index in [1.165, 1.54) is 6.42 Å². The summed E-state index contributed by atoms with van der Waals surface area (Å²) in [5, 5.41) is 18.2. The summed E-state index contributed by atoms with van der Waals surface area (Å²) in [6.45, 7) is 1.33. The Kier molecular flexibility index (Phi) is 3.82. The molecule has 92 valence electrons. The third kappa shape index (κ3) is 2.38. The summed E-state index contributed by atoms with van der Waals surface area (Å²) >= 11 is 0. The predicted octanol–water partition coefficient (Wildman–Crippen LogP) is 1.09. The largest absolute Gasteiger partial charge is 0.481 e. The van der Waals surface area contributed by atoms with Crippen LogP contribution in [0.15, 0.2) is 0 Å². The number of hydrogen-bond acceptors (Lipinski definition) is 3. The Hall–Kier alpha value is -0.610. The minimum atomic E-state index is -0.640. The summed E-state index contributed by atoms with van der Waals surface area (Å²) in [6, 6.07) is 0.835. The van der Waals surface area contributed by atoms with E-state index in [1.54, 1.807) is 0 Å². The second-order valence-electron chi connectivity index (χ2n) is 5.06. The SMILES string of the molecule is O=C(O)C1CCC(N2CCC[C@@H]2CO)CC1. The fourth-order valence-corrected chi connectivity index (χ4v) is 3.19. The van der Waals surface area contributed by atoms with Gasteiger partial charge in [0.1, 0.15) is 0 Å². The number of hydrogen-bond donors (Lipinski definition) is 2. The number of rotatable bonds is 3. The summed E-state index contributed by atoms with van der Waals surface area (Å²) < 4.78 is 0. The number of carboxylic acids is 1. The van der Waals surface area contributed by atoms with E-state index < -0.39 is 5.97 Å². The summed E-state index contributed by atoms with van der Waals surface area (Å²) in [6.07, 6.45) is 5.82. The van der Waals surface area contributed by atoms with Crippen LogP contribution in [0.2, 0.25) is 0 Å². The maximum atomic E-state index is 10.8. The molecule has 2 rings (SSSR count). The monoisotopic (exact) mass is 227 g/mol. The number of likely N-dealkylation sites (tertiary alicyclic amines) is 1. The molecule has 0 aromatic carbocycles. The molecule has 2 fully saturated rings. The minimum Gasteiger partial charge on any atom is -0.481 e. The van der Waals surface area contributed by atoms with E-state index in [0.29, 0.717) is 12.1 Å². The van der Waals surface area contributed by atoms with Gasteiger partial charge in [0.15, 0.2) is 0 Å². The van der Waals surface area contributed by atoms with Crippen molar-refractivity contribution in [3.8, 4) is 0 Å². The Morgan fingerprint density at radius 3 is 2.44 bits per heavy atom. The second kappa shape index (κ2) is 5.15. The highest BCUT2D eigenvalue weighted by Crippen LogP contribution is 2.31. The van der Waals surface area contributed by atoms with Crippen LogP contribution in [0, 0.1) is 5.92 Å². The van der Waals surface area contributed by atoms with Crippen molar-refractivity contribution in [2.45, 2.75) is 50.6 Å². The number of carboxylic acid groups (broad SMARTS) is 1. The fourth-order valence-electron chi connectivity index (χ4n) is 3.19. The van der Waals surface area contributed by atoms with Crippen molar-refractivity contribution in [3.63, 3.8) is 0 Å². The number of aliphatic carboxylic acids is 1. The molecule has 0 bridgehead atoms. The van der Waals surface area contributed by atoms with Gasteiger partial charge in [-0.15, -0.1) is 0 Å². The standard InChI is InChI=1S/C12H21NO3/c14-8-11-2-1-7-13(11)10-5-3-9(4-6-10)12(15)16/h9-11,14H,1-8H2,(H,15,16)/t9?,10?,11-/m1/s1. The van der Waals surface area contributed by atoms with Gasteiger partial charge in [0.25, 0.3) is 0 Å². The minimum absolute atomic E-state index is 0.133. The zero-order valence-corrected chi connectivity index (χ0v) is 9.64. The molecule has 4 nitrogen and oxygen atoms in total. The highest BCUT2D eigenvalue weighted by atomic mass is 16.4. The van der Waals surface area contributed by atoms with Crippen molar-refractivity contribution in [1.82, 2.24) is 4.90 Å². The summed E-state index contributed by atoms with van der Waals surface area (Å²) in [5.74, 6) is -0.773. The van der Waals surface area contributed by atoms with Crippen molar-refractivity contribution >= 4 is 5.97 Å². The van der Waals surface area contributed by atoms with E-state index in [9.17, 15) is 9.90 Å². The van der Waals surface area contributed by atoms with Crippen LogP contribution in [0.25, 0.3) is 0 Å². The average molecular weight is 227 g/mol. The van der Waals surface area contributed by atoms with Crippen molar-refractivity contribution in [2.75, 3.05) is 13.2 Å². The van der Waals surface area contributed by atoms with E-state index in [2.05, 4.69) is 4.90 Å². The molecule has 2 N–H and O–H groups in total. The first-order valence-electron chi connectivity index (χ1n) is 6.31. The van der Waals surface area contributed by atoms with Gasteiger partial charge in [-0.3, -0.25) is 9.69 Å². The molecule has 1 heterocycles. The average Bonchev–Trinajstić information content (AvgIpc) is 2.77. The molecular formula is C12H21NO3. The van der Waals surface area contributed by atoms with E-state index in [1.807, 2.05) is 0 Å². The molecule has 1 atom stereocenters. The topological polar surface area (TPSA) is 60.8 Å². The molecule has 16 heavy (non-hydrogen) atoms. The van der Waals surface area contributed by atoms with Crippen LogP contribution >= 0.6 is 0 Å². The van der Waals surface area contributed by atoms with Gasteiger partial charge in [-0.2, -0.15) is 0 Å². The molecule has 2 aliphatic rings. The molecular weight excluding hydrogens is 206 g/mol. The summed E-state index contributed by atoms with van der Waals surface area (Å²) in [4.78, 5) is 13.3. The Bertz CT molecular complexity index is 249. The Labute approximate surface area is 96.3 Å². The predicted molar refractivity (Wildman–Crippen MR) is 60.2 cm³/mol. The number of nitrogens with zero attached hydrogens (tertiary/aromatic N) is 1. The van der Waals surface area contributed by atoms with Gasteiger partial charge in [0, 0.05) is 12.1 Å². The van der Waals surface area contributed by atoms with Crippen LogP contribution in [0.1, 0.15) is 38.5 Å².